The highest BCUT2D eigenvalue weighted by Crippen LogP contribution is 2.50. The molecule has 158 valence electrons. The lowest BCUT2D eigenvalue weighted by Gasteiger charge is -2.20. The predicted octanol–water partition coefficient (Wildman–Crippen LogP) is 5.30. The van der Waals surface area contributed by atoms with E-state index in [-0.39, 0.29) is 19.6 Å². The summed E-state index contributed by atoms with van der Waals surface area (Å²) in [4.78, 5) is 20.9. The molecule has 1 aromatic heterocycles. The molecule has 2 aromatic rings. The Bertz CT molecular complexity index is 852. The number of alkyl carbamates (subject to hydrolysis) is 1. The zero-order valence-corrected chi connectivity index (χ0v) is 17.0. The van der Waals surface area contributed by atoms with Crippen molar-refractivity contribution in [2.75, 3.05) is 26.2 Å². The largest absolute Gasteiger partial charge is 0.447 e. The Hall–Kier alpha value is -2.52. The van der Waals surface area contributed by atoms with Crippen molar-refractivity contribution in [1.82, 2.24) is 15.2 Å². The van der Waals surface area contributed by atoms with Gasteiger partial charge in [0, 0.05) is 24.8 Å². The first kappa shape index (κ1) is 22.8. The van der Waals surface area contributed by atoms with Crippen molar-refractivity contribution in [3.8, 4) is 0 Å². The molecule has 0 saturated heterocycles. The van der Waals surface area contributed by atoms with Crippen molar-refractivity contribution in [2.45, 2.75) is 53.1 Å². The van der Waals surface area contributed by atoms with Crippen LogP contribution >= 0.6 is 0 Å². The van der Waals surface area contributed by atoms with Gasteiger partial charge in [-0.1, -0.05) is 20.4 Å². The van der Waals surface area contributed by atoms with Crippen LogP contribution in [0.25, 0.3) is 15.7 Å². The summed E-state index contributed by atoms with van der Waals surface area (Å²) in [6, 6.07) is 5.87. The minimum absolute atomic E-state index is 0. The van der Waals surface area contributed by atoms with Gasteiger partial charge in [-0.25, -0.2) is 9.64 Å². The smallest absolute Gasteiger partial charge is 0.407 e. The van der Waals surface area contributed by atoms with Crippen molar-refractivity contribution in [3.05, 3.63) is 41.4 Å². The number of carbonyl (C=O) groups is 1. The minimum atomic E-state index is -0.335. The van der Waals surface area contributed by atoms with Gasteiger partial charge in [0.2, 0.25) is 0 Å². The molecule has 1 fully saturated rings. The van der Waals surface area contributed by atoms with E-state index < -0.39 is 0 Å². The fourth-order valence-corrected chi connectivity index (χ4v) is 3.80. The van der Waals surface area contributed by atoms with Crippen LogP contribution in [0.5, 0.6) is 0 Å². The lowest BCUT2D eigenvalue weighted by Crippen LogP contribution is -2.32. The maximum absolute atomic E-state index is 11.5. The molecule has 0 bridgehead atoms. The van der Waals surface area contributed by atoms with Crippen LogP contribution in [0.2, 0.25) is 0 Å². The number of benzene rings is 1. The average Bonchev–Trinajstić information content (AvgIpc) is 3.30. The highest BCUT2D eigenvalue weighted by Gasteiger charge is 2.40. The number of carbonyl (C=O) groups excluding carboxylic acids is 1. The fourth-order valence-electron chi connectivity index (χ4n) is 3.80. The average molecular weight is 399 g/mol. The van der Waals surface area contributed by atoms with E-state index in [1.165, 1.54) is 17.4 Å². The van der Waals surface area contributed by atoms with Gasteiger partial charge in [-0.15, -0.1) is 0 Å². The second-order valence-electron chi connectivity index (χ2n) is 7.82. The molecular formula is C23H34N4O2. The molecule has 6 heteroatoms. The molecule has 6 nitrogen and oxygen atoms in total. The molecular weight excluding hydrogens is 364 g/mol. The normalized spacial score (nSPS) is 17.8. The van der Waals surface area contributed by atoms with Gasteiger partial charge in [0.25, 0.3) is 0 Å². The molecule has 0 spiro atoms. The second-order valence-corrected chi connectivity index (χ2v) is 7.82. The van der Waals surface area contributed by atoms with Crippen molar-refractivity contribution < 1.29 is 9.53 Å². The van der Waals surface area contributed by atoms with Crippen LogP contribution in [0.3, 0.4) is 0 Å². The van der Waals surface area contributed by atoms with E-state index >= 15 is 0 Å². The third kappa shape index (κ3) is 5.98. The van der Waals surface area contributed by atoms with Gasteiger partial charge in [0.1, 0.15) is 0 Å². The molecule has 1 heterocycles. The summed E-state index contributed by atoms with van der Waals surface area (Å²) in [5.74, 6) is 1.23. The van der Waals surface area contributed by atoms with E-state index in [4.69, 9.17) is 11.3 Å². The van der Waals surface area contributed by atoms with Gasteiger partial charge in [0.05, 0.1) is 12.7 Å². The maximum atomic E-state index is 11.5. The fraction of sp³-hybridized carbons (Fsp3) is 0.565. The molecule has 1 aliphatic carbocycles. The molecule has 1 amide bonds. The SMILES string of the molecule is C.[C-]#[N+]c1ccc2[nH]cc(C3CC3CN(CC)CCCNC(=O)OC(C)C)c2c1. The summed E-state index contributed by atoms with van der Waals surface area (Å²) in [7, 11) is 0. The molecule has 1 aliphatic rings. The van der Waals surface area contributed by atoms with Crippen molar-refractivity contribution >= 4 is 22.7 Å². The van der Waals surface area contributed by atoms with Crippen molar-refractivity contribution in [1.29, 1.82) is 0 Å². The Morgan fingerprint density at radius 2 is 2.24 bits per heavy atom. The summed E-state index contributed by atoms with van der Waals surface area (Å²) in [6.07, 6.45) is 3.81. The number of rotatable bonds is 9. The predicted molar refractivity (Wildman–Crippen MR) is 118 cm³/mol. The number of nitrogens with one attached hydrogen (secondary N) is 2. The van der Waals surface area contributed by atoms with Crippen molar-refractivity contribution in [2.24, 2.45) is 5.92 Å². The van der Waals surface area contributed by atoms with Gasteiger partial charge in [-0.05, 0) is 74.7 Å². The topological polar surface area (TPSA) is 61.7 Å². The van der Waals surface area contributed by atoms with Crippen LogP contribution in [0.15, 0.2) is 24.4 Å². The highest BCUT2D eigenvalue weighted by atomic mass is 16.6. The Labute approximate surface area is 174 Å². The van der Waals surface area contributed by atoms with Crippen molar-refractivity contribution in [3.63, 3.8) is 0 Å². The standard InChI is InChI=1S/C22H30N4O2.CH4/c1-5-26(10-6-9-24-22(27)28-15(2)3)14-16-11-18(16)20-13-25-21-8-7-17(23-4)12-19(20)21;/h7-8,12-13,15-16,18,25H,5-6,9-11,14H2,1-3H3,(H,24,27);1H4. The Morgan fingerprint density at radius 3 is 2.93 bits per heavy atom. The summed E-state index contributed by atoms with van der Waals surface area (Å²) in [6.45, 7) is 16.8. The number of H-pyrrole nitrogens is 1. The third-order valence-corrected chi connectivity index (χ3v) is 5.35. The molecule has 2 N–H and O–H groups in total. The van der Waals surface area contributed by atoms with Gasteiger partial charge >= 0.3 is 6.09 Å². The van der Waals surface area contributed by atoms with E-state index in [0.717, 1.165) is 31.6 Å². The van der Waals surface area contributed by atoms with Crippen LogP contribution in [0, 0.1) is 12.5 Å². The van der Waals surface area contributed by atoms with Crippen LogP contribution < -0.4 is 5.32 Å². The number of hydrogen-bond donors (Lipinski definition) is 2. The van der Waals surface area contributed by atoms with E-state index in [1.807, 2.05) is 32.0 Å². The Balaban J connectivity index is 0.00000300. The molecule has 0 aliphatic heterocycles. The number of ether oxygens (including phenoxy) is 1. The molecule has 3 rings (SSSR count). The monoisotopic (exact) mass is 398 g/mol. The first-order chi connectivity index (χ1) is 13.5. The first-order valence-electron chi connectivity index (χ1n) is 10.2. The van der Waals surface area contributed by atoms with Gasteiger partial charge in [-0.3, -0.25) is 0 Å². The molecule has 1 saturated carbocycles. The maximum Gasteiger partial charge on any atom is 0.407 e. The lowest BCUT2D eigenvalue weighted by atomic mass is 10.1. The number of hydrogen-bond acceptors (Lipinski definition) is 3. The quantitative estimate of drug-likeness (QED) is 0.445. The van der Waals surface area contributed by atoms with Crippen LogP contribution in [0.1, 0.15) is 52.5 Å². The summed E-state index contributed by atoms with van der Waals surface area (Å²) in [5, 5.41) is 4.00. The molecule has 1 aromatic carbocycles. The summed E-state index contributed by atoms with van der Waals surface area (Å²) < 4.78 is 5.08. The van der Waals surface area contributed by atoms with Crippen LogP contribution in [0.4, 0.5) is 10.5 Å². The lowest BCUT2D eigenvalue weighted by molar-refractivity contribution is 0.115. The second kappa shape index (κ2) is 10.3. The van der Waals surface area contributed by atoms with Crippen LogP contribution in [-0.2, 0) is 4.74 Å². The first-order valence-corrected chi connectivity index (χ1v) is 10.2. The van der Waals surface area contributed by atoms with E-state index in [2.05, 4.69) is 33.2 Å². The number of nitrogens with zero attached hydrogens (tertiary/aromatic N) is 2. The van der Waals surface area contributed by atoms with E-state index in [9.17, 15) is 4.79 Å². The van der Waals surface area contributed by atoms with Gasteiger partial charge in [-0.2, -0.15) is 0 Å². The molecule has 0 radical (unpaired) electrons. The highest BCUT2D eigenvalue weighted by molar-refractivity contribution is 5.87. The number of amides is 1. The zero-order valence-electron chi connectivity index (χ0n) is 17.0. The number of aromatic nitrogens is 1. The Kier molecular flexibility index (Phi) is 8.10. The third-order valence-electron chi connectivity index (χ3n) is 5.35. The molecule has 2 atom stereocenters. The van der Waals surface area contributed by atoms with Gasteiger partial charge < -0.3 is 19.9 Å². The summed E-state index contributed by atoms with van der Waals surface area (Å²) >= 11 is 0. The van der Waals surface area contributed by atoms with E-state index in [0.29, 0.717) is 24.1 Å². The summed E-state index contributed by atoms with van der Waals surface area (Å²) in [5.41, 5.74) is 3.16. The van der Waals surface area contributed by atoms with Crippen LogP contribution in [-0.4, -0.2) is 48.3 Å². The molecule has 2 unspecified atom stereocenters. The van der Waals surface area contributed by atoms with E-state index in [1.54, 1.807) is 0 Å². The number of fused-ring (bicyclic) bond motifs is 1. The van der Waals surface area contributed by atoms with Gasteiger partial charge in [0.15, 0.2) is 5.69 Å². The Morgan fingerprint density at radius 1 is 1.45 bits per heavy atom. The molecule has 29 heavy (non-hydrogen) atoms. The number of aromatic amines is 1. The minimum Gasteiger partial charge on any atom is -0.447 e. The zero-order chi connectivity index (χ0) is 20.1.